The van der Waals surface area contributed by atoms with E-state index in [2.05, 4.69) is 5.32 Å². The Morgan fingerprint density at radius 1 is 0.778 bits per heavy atom. The summed E-state index contributed by atoms with van der Waals surface area (Å²) in [6.45, 7) is 0. The highest BCUT2D eigenvalue weighted by Crippen LogP contribution is 2.35. The van der Waals surface area contributed by atoms with E-state index in [4.69, 9.17) is 0 Å². The monoisotopic (exact) mass is 377 g/mol. The maximum atomic E-state index is 13.4. The molecule has 0 saturated heterocycles. The van der Waals surface area contributed by atoms with Crippen LogP contribution in [-0.2, 0) is 21.1 Å². The number of sulfone groups is 1. The van der Waals surface area contributed by atoms with E-state index in [9.17, 15) is 13.2 Å². The number of para-hydroxylation sites is 1. The predicted octanol–water partition coefficient (Wildman–Crippen LogP) is 3.81. The van der Waals surface area contributed by atoms with E-state index < -0.39 is 21.1 Å². The van der Waals surface area contributed by atoms with Crippen LogP contribution >= 0.6 is 0 Å². The van der Waals surface area contributed by atoms with Crippen molar-refractivity contribution < 1.29 is 13.2 Å². The second-order valence-electron chi connectivity index (χ2n) is 6.61. The number of rotatable bonds is 3. The zero-order valence-corrected chi connectivity index (χ0v) is 15.4. The average Bonchev–Trinajstić information content (AvgIpc) is 2.85. The van der Waals surface area contributed by atoms with E-state index in [-0.39, 0.29) is 17.1 Å². The SMILES string of the molecule is O=C1Cc2ccccc2N[C@H](c2ccccc2)[C@@H]1S(=O)(=O)c1ccccc1. The number of carbonyl (C=O) groups is 1. The largest absolute Gasteiger partial charge is 0.376 e. The molecule has 1 aliphatic rings. The average molecular weight is 377 g/mol. The molecule has 0 bridgehead atoms. The molecular weight excluding hydrogens is 358 g/mol. The van der Waals surface area contributed by atoms with Crippen LogP contribution in [0.5, 0.6) is 0 Å². The number of ketones is 1. The molecular formula is C22H19NO3S. The molecule has 0 aliphatic carbocycles. The van der Waals surface area contributed by atoms with Gasteiger partial charge in [0.1, 0.15) is 5.25 Å². The molecule has 4 rings (SSSR count). The number of anilines is 1. The highest BCUT2D eigenvalue weighted by molar-refractivity contribution is 7.92. The van der Waals surface area contributed by atoms with Crippen molar-refractivity contribution >= 4 is 21.3 Å². The molecule has 1 N–H and O–H groups in total. The quantitative estimate of drug-likeness (QED) is 0.754. The van der Waals surface area contributed by atoms with E-state index in [0.717, 1.165) is 16.8 Å². The van der Waals surface area contributed by atoms with Gasteiger partial charge in [0.25, 0.3) is 0 Å². The van der Waals surface area contributed by atoms with Gasteiger partial charge >= 0.3 is 0 Å². The molecule has 0 unspecified atom stereocenters. The second-order valence-corrected chi connectivity index (χ2v) is 8.68. The van der Waals surface area contributed by atoms with E-state index >= 15 is 0 Å². The second kappa shape index (κ2) is 7.00. The van der Waals surface area contributed by atoms with E-state index in [1.54, 1.807) is 30.3 Å². The Labute approximate surface area is 158 Å². The van der Waals surface area contributed by atoms with Crippen molar-refractivity contribution in [3.63, 3.8) is 0 Å². The number of fused-ring (bicyclic) bond motifs is 1. The van der Waals surface area contributed by atoms with E-state index in [1.807, 2.05) is 54.6 Å². The van der Waals surface area contributed by atoms with Crippen molar-refractivity contribution in [2.24, 2.45) is 0 Å². The van der Waals surface area contributed by atoms with Gasteiger partial charge in [0, 0.05) is 12.1 Å². The third-order valence-corrected chi connectivity index (χ3v) is 7.01. The summed E-state index contributed by atoms with van der Waals surface area (Å²) in [5, 5.41) is 2.13. The molecule has 1 heterocycles. The lowest BCUT2D eigenvalue weighted by molar-refractivity contribution is -0.118. The van der Waals surface area contributed by atoms with Crippen molar-refractivity contribution in [3.05, 3.63) is 96.1 Å². The lowest BCUT2D eigenvalue weighted by Gasteiger charge is -2.26. The molecule has 1 aliphatic heterocycles. The van der Waals surface area contributed by atoms with Gasteiger partial charge in [-0.25, -0.2) is 8.42 Å². The molecule has 0 radical (unpaired) electrons. The van der Waals surface area contributed by atoms with Gasteiger partial charge in [-0.2, -0.15) is 0 Å². The summed E-state index contributed by atoms with van der Waals surface area (Å²) in [5.74, 6) is -0.301. The van der Waals surface area contributed by atoms with Gasteiger partial charge in [0.2, 0.25) is 0 Å². The molecule has 0 fully saturated rings. The first-order chi connectivity index (χ1) is 13.1. The van der Waals surface area contributed by atoms with E-state index in [0.29, 0.717) is 0 Å². The molecule has 0 spiro atoms. The first kappa shape index (κ1) is 17.5. The van der Waals surface area contributed by atoms with Crippen LogP contribution in [0.4, 0.5) is 5.69 Å². The van der Waals surface area contributed by atoms with Crippen molar-refractivity contribution in [2.45, 2.75) is 22.6 Å². The first-order valence-corrected chi connectivity index (χ1v) is 10.3. The lowest BCUT2D eigenvalue weighted by atomic mass is 10.00. The third kappa shape index (κ3) is 3.26. The fourth-order valence-corrected chi connectivity index (χ4v) is 5.40. The fraction of sp³-hybridized carbons (Fsp3) is 0.136. The molecule has 5 heteroatoms. The van der Waals surface area contributed by atoms with Crippen LogP contribution in [0.1, 0.15) is 17.2 Å². The Bertz CT molecular complexity index is 1060. The summed E-state index contributed by atoms with van der Waals surface area (Å²) in [4.78, 5) is 13.3. The molecule has 0 amide bonds. The van der Waals surface area contributed by atoms with Crippen LogP contribution in [0.15, 0.2) is 89.8 Å². The minimum Gasteiger partial charge on any atom is -0.376 e. The molecule has 2 atom stereocenters. The van der Waals surface area contributed by atoms with Gasteiger partial charge in [-0.1, -0.05) is 66.7 Å². The molecule has 0 saturated carbocycles. The Balaban J connectivity index is 1.88. The summed E-state index contributed by atoms with van der Waals surface area (Å²) >= 11 is 0. The molecule has 3 aromatic rings. The molecule has 4 nitrogen and oxygen atoms in total. The van der Waals surface area contributed by atoms with Crippen LogP contribution in [0.25, 0.3) is 0 Å². The molecule has 136 valence electrons. The third-order valence-electron chi connectivity index (χ3n) is 4.88. The van der Waals surface area contributed by atoms with Crippen molar-refractivity contribution in [3.8, 4) is 0 Å². The number of Topliss-reactive ketones (excluding diaryl/α,β-unsaturated/α-hetero) is 1. The number of nitrogens with one attached hydrogen (secondary N) is 1. The Hall–Kier alpha value is -2.92. The summed E-state index contributed by atoms with van der Waals surface area (Å²) in [7, 11) is -3.86. The van der Waals surface area contributed by atoms with Gasteiger partial charge in [-0.3, -0.25) is 4.79 Å². The number of hydrogen-bond acceptors (Lipinski definition) is 4. The summed E-state index contributed by atoms with van der Waals surface area (Å²) in [6.07, 6.45) is 0.0865. The minimum absolute atomic E-state index is 0.0865. The van der Waals surface area contributed by atoms with Gasteiger partial charge in [0.05, 0.1) is 10.9 Å². The van der Waals surface area contributed by atoms with Gasteiger partial charge in [0.15, 0.2) is 15.6 Å². The van der Waals surface area contributed by atoms with Crippen molar-refractivity contribution in [1.29, 1.82) is 0 Å². The maximum Gasteiger partial charge on any atom is 0.190 e. The summed E-state index contributed by atoms with van der Waals surface area (Å²) in [6, 6.07) is 24.3. The standard InChI is InChI=1S/C22H19NO3S/c24-20-15-17-11-7-8-14-19(17)23-21(16-9-3-1-4-10-16)22(20)27(25,26)18-12-5-2-6-13-18/h1-14,21-23H,15H2/t21-,22-/m1/s1. The smallest absolute Gasteiger partial charge is 0.190 e. The number of carbonyl (C=O) groups excluding carboxylic acids is 1. The minimum atomic E-state index is -3.86. The van der Waals surface area contributed by atoms with Crippen LogP contribution in [0.2, 0.25) is 0 Å². The zero-order chi connectivity index (χ0) is 18.9. The van der Waals surface area contributed by atoms with Gasteiger partial charge < -0.3 is 5.32 Å². The van der Waals surface area contributed by atoms with Crippen LogP contribution in [-0.4, -0.2) is 19.5 Å². The Kier molecular flexibility index (Phi) is 4.54. The fourth-order valence-electron chi connectivity index (χ4n) is 3.56. The number of benzene rings is 3. The maximum absolute atomic E-state index is 13.4. The van der Waals surface area contributed by atoms with E-state index in [1.165, 1.54) is 0 Å². The molecule has 0 aromatic heterocycles. The normalized spacial score (nSPS) is 19.6. The van der Waals surface area contributed by atoms with Crippen molar-refractivity contribution in [2.75, 3.05) is 5.32 Å². The highest BCUT2D eigenvalue weighted by atomic mass is 32.2. The van der Waals surface area contributed by atoms with Crippen LogP contribution in [0, 0.1) is 0 Å². The van der Waals surface area contributed by atoms with Crippen molar-refractivity contribution in [1.82, 2.24) is 0 Å². The Morgan fingerprint density at radius 2 is 1.37 bits per heavy atom. The Morgan fingerprint density at radius 3 is 2.07 bits per heavy atom. The van der Waals surface area contributed by atoms with Crippen LogP contribution < -0.4 is 5.32 Å². The van der Waals surface area contributed by atoms with Gasteiger partial charge in [-0.05, 0) is 29.3 Å². The van der Waals surface area contributed by atoms with Crippen LogP contribution in [0.3, 0.4) is 0 Å². The molecule has 3 aromatic carbocycles. The zero-order valence-electron chi connectivity index (χ0n) is 14.6. The lowest BCUT2D eigenvalue weighted by Crippen LogP contribution is -2.39. The molecule has 27 heavy (non-hydrogen) atoms. The van der Waals surface area contributed by atoms with Gasteiger partial charge in [-0.15, -0.1) is 0 Å². The number of hydrogen-bond donors (Lipinski definition) is 1. The summed E-state index contributed by atoms with van der Waals surface area (Å²) < 4.78 is 26.8. The highest BCUT2D eigenvalue weighted by Gasteiger charge is 2.43. The summed E-state index contributed by atoms with van der Waals surface area (Å²) in [5.41, 5.74) is 2.38. The topological polar surface area (TPSA) is 63.2 Å². The predicted molar refractivity (Wildman–Crippen MR) is 105 cm³/mol. The first-order valence-electron chi connectivity index (χ1n) is 8.78.